The first-order chi connectivity index (χ1) is 14.0. The van der Waals surface area contributed by atoms with Gasteiger partial charge in [0.05, 0.1) is 9.85 Å². The summed E-state index contributed by atoms with van der Waals surface area (Å²) in [5.41, 5.74) is 1.22. The van der Waals surface area contributed by atoms with Crippen molar-refractivity contribution in [1.29, 1.82) is 0 Å². The van der Waals surface area contributed by atoms with Crippen LogP contribution in [-0.2, 0) is 0 Å². The summed E-state index contributed by atoms with van der Waals surface area (Å²) in [5.74, 6) is -1.16. The van der Waals surface area contributed by atoms with Crippen molar-refractivity contribution in [3.8, 4) is 0 Å². The minimum Gasteiger partial charge on any atom is -0.336 e. The van der Waals surface area contributed by atoms with Crippen LogP contribution in [0.5, 0.6) is 0 Å². The highest BCUT2D eigenvalue weighted by Gasteiger charge is 2.43. The van der Waals surface area contributed by atoms with Gasteiger partial charge in [-0.15, -0.1) is 0 Å². The van der Waals surface area contributed by atoms with Crippen molar-refractivity contribution in [3.05, 3.63) is 116 Å². The van der Waals surface area contributed by atoms with E-state index in [-0.39, 0.29) is 17.2 Å². The number of Topliss-reactive ketones (excluding diaryl/α,β-unsaturated/α-hetero) is 1. The van der Waals surface area contributed by atoms with E-state index in [2.05, 4.69) is 0 Å². The molecular weight excluding hydrogens is 374 g/mol. The number of hydrogen-bond donors (Lipinski definition) is 0. The van der Waals surface area contributed by atoms with E-state index >= 15 is 0 Å². The molecular formula is C21H15N3O5. The highest BCUT2D eigenvalue weighted by atomic mass is 16.6. The average Bonchev–Trinajstić information content (AvgIpc) is 3.21. The lowest BCUT2D eigenvalue weighted by atomic mass is 9.82. The smallest absolute Gasteiger partial charge is 0.269 e. The topological polar surface area (TPSA) is 108 Å². The molecule has 8 nitrogen and oxygen atoms in total. The molecule has 2 heterocycles. The van der Waals surface area contributed by atoms with Crippen LogP contribution in [0.15, 0.2) is 78.6 Å². The maximum Gasteiger partial charge on any atom is 0.269 e. The van der Waals surface area contributed by atoms with Gasteiger partial charge in [-0.25, -0.2) is 0 Å². The number of nitro benzene ring substituents is 1. The Labute approximate surface area is 165 Å². The minimum atomic E-state index is -0.890. The first kappa shape index (κ1) is 18.3. The zero-order chi connectivity index (χ0) is 20.5. The molecule has 144 valence electrons. The lowest BCUT2D eigenvalue weighted by Crippen LogP contribution is -2.32. The lowest BCUT2D eigenvalue weighted by molar-refractivity contribution is -0.429. The summed E-state index contributed by atoms with van der Waals surface area (Å²) in [6, 6.07) is 16.7. The van der Waals surface area contributed by atoms with Crippen LogP contribution in [0.3, 0.4) is 0 Å². The molecule has 3 aromatic rings. The molecule has 0 saturated carbocycles. The summed E-state index contributed by atoms with van der Waals surface area (Å²) in [4.78, 5) is 35.2. The quantitative estimate of drug-likeness (QED) is 0.368. The maximum absolute atomic E-state index is 13.4. The summed E-state index contributed by atoms with van der Waals surface area (Å²) in [6.45, 7) is 0. The summed E-state index contributed by atoms with van der Waals surface area (Å²) in [6.07, 6.45) is 3.16. The first-order valence-electron chi connectivity index (χ1n) is 8.84. The molecule has 0 amide bonds. The third-order valence-electron chi connectivity index (χ3n) is 5.04. The van der Waals surface area contributed by atoms with E-state index in [4.69, 9.17) is 0 Å². The molecule has 0 radical (unpaired) electrons. The van der Waals surface area contributed by atoms with Crippen LogP contribution in [0.2, 0.25) is 0 Å². The monoisotopic (exact) mass is 389 g/mol. The van der Waals surface area contributed by atoms with Crippen molar-refractivity contribution >= 4 is 17.5 Å². The normalized spacial score (nSPS) is 17.9. The number of rotatable bonds is 5. The number of nitro groups is 2. The van der Waals surface area contributed by atoms with E-state index in [1.165, 1.54) is 30.3 Å². The molecule has 29 heavy (non-hydrogen) atoms. The fourth-order valence-corrected chi connectivity index (χ4v) is 3.72. The molecule has 8 heteroatoms. The predicted octanol–water partition coefficient (Wildman–Crippen LogP) is 4.24. The minimum absolute atomic E-state index is 0.121. The Hall–Kier alpha value is -4.07. The first-order valence-corrected chi connectivity index (χ1v) is 8.84. The Balaban J connectivity index is 1.89. The number of nitrogens with zero attached hydrogens (tertiary/aromatic N) is 3. The SMILES string of the molecule is O=C(c1ccccc1)C1C(c2ccc([N+](=O)[O-])cc2)C([N+](=O)[O-])=Cc2cccn21. The van der Waals surface area contributed by atoms with Crippen molar-refractivity contribution in [2.24, 2.45) is 0 Å². The standard InChI is InChI=1S/C21H15N3O5/c25-21(15-5-2-1-3-6-15)20-19(14-8-10-16(11-9-14)23(26)27)18(24(28)29)13-17-7-4-12-22(17)20/h1-13,19-20H. The number of aromatic nitrogens is 1. The number of fused-ring (bicyclic) bond motifs is 1. The second-order valence-corrected chi connectivity index (χ2v) is 6.67. The summed E-state index contributed by atoms with van der Waals surface area (Å²) < 4.78 is 1.72. The molecule has 1 aromatic heterocycles. The van der Waals surface area contributed by atoms with E-state index in [1.807, 2.05) is 0 Å². The molecule has 0 spiro atoms. The van der Waals surface area contributed by atoms with Crippen LogP contribution in [-0.4, -0.2) is 20.2 Å². The van der Waals surface area contributed by atoms with Gasteiger partial charge in [-0.05, 0) is 17.7 Å². The van der Waals surface area contributed by atoms with Gasteiger partial charge in [0.25, 0.3) is 11.4 Å². The second kappa shape index (κ2) is 7.16. The number of carbonyl (C=O) groups excluding carboxylic acids is 1. The Bertz CT molecular complexity index is 1130. The van der Waals surface area contributed by atoms with Gasteiger partial charge in [-0.3, -0.25) is 25.0 Å². The van der Waals surface area contributed by atoms with Crippen LogP contribution in [0.25, 0.3) is 6.08 Å². The molecule has 0 N–H and O–H groups in total. The zero-order valence-electron chi connectivity index (χ0n) is 15.0. The van der Waals surface area contributed by atoms with Gasteiger partial charge in [-0.2, -0.15) is 0 Å². The van der Waals surface area contributed by atoms with Crippen LogP contribution in [0, 0.1) is 20.2 Å². The van der Waals surface area contributed by atoms with Crippen LogP contribution in [0.4, 0.5) is 5.69 Å². The van der Waals surface area contributed by atoms with E-state index in [0.717, 1.165) is 0 Å². The number of non-ortho nitro benzene ring substituents is 1. The van der Waals surface area contributed by atoms with Crippen molar-refractivity contribution in [1.82, 2.24) is 4.57 Å². The van der Waals surface area contributed by atoms with Gasteiger partial charge in [0.2, 0.25) is 0 Å². The number of allylic oxidation sites excluding steroid dienone is 1. The fraction of sp³-hybridized carbons (Fsp3) is 0.0952. The van der Waals surface area contributed by atoms with E-state index in [1.54, 1.807) is 53.2 Å². The molecule has 2 aromatic carbocycles. The maximum atomic E-state index is 13.4. The summed E-state index contributed by atoms with van der Waals surface area (Å²) in [5, 5.41) is 22.8. The van der Waals surface area contributed by atoms with Gasteiger partial charge in [0, 0.05) is 35.7 Å². The van der Waals surface area contributed by atoms with E-state index in [0.29, 0.717) is 16.8 Å². The Kier molecular flexibility index (Phi) is 4.52. The van der Waals surface area contributed by atoms with E-state index in [9.17, 15) is 25.0 Å². The van der Waals surface area contributed by atoms with Gasteiger partial charge >= 0.3 is 0 Å². The second-order valence-electron chi connectivity index (χ2n) is 6.67. The number of benzene rings is 2. The number of carbonyl (C=O) groups is 1. The summed E-state index contributed by atoms with van der Waals surface area (Å²) in [7, 11) is 0. The van der Waals surface area contributed by atoms with Gasteiger partial charge in [0.1, 0.15) is 12.0 Å². The number of ketones is 1. The predicted molar refractivity (Wildman–Crippen MR) is 105 cm³/mol. The van der Waals surface area contributed by atoms with Crippen LogP contribution < -0.4 is 0 Å². The van der Waals surface area contributed by atoms with Crippen molar-refractivity contribution in [3.63, 3.8) is 0 Å². The van der Waals surface area contributed by atoms with Crippen molar-refractivity contribution in [2.75, 3.05) is 0 Å². The molecule has 1 aliphatic heterocycles. The summed E-state index contributed by atoms with van der Waals surface area (Å²) >= 11 is 0. The lowest BCUT2D eigenvalue weighted by Gasteiger charge is -2.30. The highest BCUT2D eigenvalue weighted by molar-refractivity contribution is 6.00. The fourth-order valence-electron chi connectivity index (χ4n) is 3.72. The van der Waals surface area contributed by atoms with Crippen LogP contribution >= 0.6 is 0 Å². The molecule has 4 rings (SSSR count). The molecule has 0 saturated heterocycles. The van der Waals surface area contributed by atoms with Gasteiger partial charge < -0.3 is 4.57 Å². The van der Waals surface area contributed by atoms with Crippen molar-refractivity contribution < 1.29 is 14.6 Å². The Morgan fingerprint density at radius 3 is 2.17 bits per heavy atom. The van der Waals surface area contributed by atoms with Crippen molar-refractivity contribution in [2.45, 2.75) is 12.0 Å². The third-order valence-corrected chi connectivity index (χ3v) is 5.04. The number of hydrogen-bond acceptors (Lipinski definition) is 5. The average molecular weight is 389 g/mol. The van der Waals surface area contributed by atoms with Crippen LogP contribution in [0.1, 0.15) is 33.6 Å². The molecule has 2 unspecified atom stereocenters. The molecule has 0 fully saturated rings. The third kappa shape index (κ3) is 3.20. The van der Waals surface area contributed by atoms with Gasteiger partial charge in [-0.1, -0.05) is 42.5 Å². The molecule has 1 aliphatic rings. The largest absolute Gasteiger partial charge is 0.336 e. The van der Waals surface area contributed by atoms with Gasteiger partial charge in [0.15, 0.2) is 5.78 Å². The Morgan fingerprint density at radius 1 is 0.862 bits per heavy atom. The zero-order valence-corrected chi connectivity index (χ0v) is 15.0. The molecule has 0 aliphatic carbocycles. The highest BCUT2D eigenvalue weighted by Crippen LogP contribution is 2.43. The van der Waals surface area contributed by atoms with E-state index < -0.39 is 21.8 Å². The Morgan fingerprint density at radius 2 is 1.55 bits per heavy atom. The molecule has 0 bridgehead atoms. The molecule has 2 atom stereocenters.